The van der Waals surface area contributed by atoms with E-state index in [4.69, 9.17) is 9.47 Å². The summed E-state index contributed by atoms with van der Waals surface area (Å²) in [5.74, 6) is 1.58. The summed E-state index contributed by atoms with van der Waals surface area (Å²) in [6.07, 6.45) is 2.80. The molecular weight excluding hydrogens is 294 g/mol. The third kappa shape index (κ3) is 4.03. The molecule has 0 aromatic heterocycles. The highest BCUT2D eigenvalue weighted by molar-refractivity contribution is 9.10. The van der Waals surface area contributed by atoms with E-state index in [0.717, 1.165) is 34.5 Å². The fourth-order valence-electron chi connectivity index (χ4n) is 1.57. The van der Waals surface area contributed by atoms with E-state index in [0.29, 0.717) is 13.2 Å². The van der Waals surface area contributed by atoms with E-state index in [2.05, 4.69) is 34.7 Å². The van der Waals surface area contributed by atoms with Gasteiger partial charge in [0.15, 0.2) is 11.5 Å². The van der Waals surface area contributed by atoms with Crippen molar-refractivity contribution in [1.29, 1.82) is 0 Å². The molecule has 0 amide bonds. The number of methoxy groups -OCH3 is 1. The Morgan fingerprint density at radius 2 is 2.22 bits per heavy atom. The number of hydrogen-bond acceptors (Lipinski definition) is 3. The van der Waals surface area contributed by atoms with E-state index >= 15 is 0 Å². The van der Waals surface area contributed by atoms with Crippen LogP contribution in [0.1, 0.15) is 18.9 Å². The lowest BCUT2D eigenvalue weighted by Crippen LogP contribution is -2.14. The summed E-state index contributed by atoms with van der Waals surface area (Å²) in [5.41, 5.74) is 1.07. The van der Waals surface area contributed by atoms with E-state index < -0.39 is 0 Å². The molecule has 0 unspecified atom stereocenters. The van der Waals surface area contributed by atoms with Gasteiger partial charge in [-0.3, -0.25) is 0 Å². The molecule has 18 heavy (non-hydrogen) atoms. The number of hydrogen-bond donors (Lipinski definition) is 1. The summed E-state index contributed by atoms with van der Waals surface area (Å²) in [7, 11) is 1.66. The predicted octanol–water partition coefficient (Wildman–Crippen LogP) is 3.52. The van der Waals surface area contributed by atoms with Crippen LogP contribution in [0.4, 0.5) is 0 Å². The van der Waals surface area contributed by atoms with Gasteiger partial charge < -0.3 is 14.8 Å². The lowest BCUT2D eigenvalue weighted by Gasteiger charge is -2.16. The van der Waals surface area contributed by atoms with Crippen molar-refractivity contribution in [2.24, 2.45) is 0 Å². The second-order valence-electron chi connectivity index (χ2n) is 3.83. The molecule has 4 heteroatoms. The van der Waals surface area contributed by atoms with Crippen LogP contribution in [0.15, 0.2) is 29.3 Å². The van der Waals surface area contributed by atoms with Crippen molar-refractivity contribution in [2.75, 3.05) is 20.3 Å². The van der Waals surface area contributed by atoms with Gasteiger partial charge in [0.1, 0.15) is 0 Å². The molecule has 0 aliphatic rings. The first-order valence-corrected chi connectivity index (χ1v) is 6.83. The van der Waals surface area contributed by atoms with Crippen molar-refractivity contribution < 1.29 is 9.47 Å². The third-order valence-electron chi connectivity index (χ3n) is 2.43. The molecule has 0 heterocycles. The number of nitrogens with one attached hydrogen (secondary N) is 1. The normalized spacial score (nSPS) is 10.2. The lowest BCUT2D eigenvalue weighted by molar-refractivity contribution is 0.290. The highest BCUT2D eigenvalue weighted by Gasteiger charge is 2.13. The molecule has 0 aliphatic heterocycles. The van der Waals surface area contributed by atoms with Crippen LogP contribution in [-0.2, 0) is 6.54 Å². The SMILES string of the molecule is C=CCNCc1c(Br)ccc(OC)c1OCCC. The predicted molar refractivity (Wildman–Crippen MR) is 78.4 cm³/mol. The van der Waals surface area contributed by atoms with Crippen molar-refractivity contribution >= 4 is 15.9 Å². The summed E-state index contributed by atoms with van der Waals surface area (Å²) in [5, 5.41) is 3.28. The Bertz CT molecular complexity index is 394. The van der Waals surface area contributed by atoms with E-state index in [-0.39, 0.29) is 0 Å². The Morgan fingerprint density at radius 3 is 2.83 bits per heavy atom. The van der Waals surface area contributed by atoms with Gasteiger partial charge in [0.2, 0.25) is 0 Å². The van der Waals surface area contributed by atoms with Gasteiger partial charge in [-0.1, -0.05) is 28.9 Å². The summed E-state index contributed by atoms with van der Waals surface area (Å²) >= 11 is 3.55. The van der Waals surface area contributed by atoms with Crippen LogP contribution in [0.5, 0.6) is 11.5 Å². The second-order valence-corrected chi connectivity index (χ2v) is 4.68. The molecule has 0 fully saturated rings. The van der Waals surface area contributed by atoms with Crippen molar-refractivity contribution in [1.82, 2.24) is 5.32 Å². The lowest BCUT2D eigenvalue weighted by atomic mass is 10.2. The van der Waals surface area contributed by atoms with Crippen molar-refractivity contribution in [3.05, 3.63) is 34.8 Å². The van der Waals surface area contributed by atoms with E-state index in [1.54, 1.807) is 7.11 Å². The largest absolute Gasteiger partial charge is 0.493 e. The standard InChI is InChI=1S/C14H20BrNO2/c1-4-8-16-10-11-12(15)6-7-13(17-3)14(11)18-9-5-2/h4,6-7,16H,1,5,8-10H2,2-3H3. The molecule has 0 saturated carbocycles. The van der Waals surface area contributed by atoms with Crippen LogP contribution in [0.3, 0.4) is 0 Å². The molecule has 0 bridgehead atoms. The monoisotopic (exact) mass is 313 g/mol. The molecule has 3 nitrogen and oxygen atoms in total. The number of rotatable bonds is 8. The maximum Gasteiger partial charge on any atom is 0.166 e. The number of benzene rings is 1. The molecule has 0 spiro atoms. The molecule has 1 N–H and O–H groups in total. The van der Waals surface area contributed by atoms with Gasteiger partial charge >= 0.3 is 0 Å². The quantitative estimate of drug-likeness (QED) is 0.588. The molecule has 1 aromatic rings. The van der Waals surface area contributed by atoms with Crippen molar-refractivity contribution in [2.45, 2.75) is 19.9 Å². The van der Waals surface area contributed by atoms with E-state index in [9.17, 15) is 0 Å². The molecule has 1 aromatic carbocycles. The minimum absolute atomic E-state index is 0.682. The zero-order valence-electron chi connectivity index (χ0n) is 11.0. The van der Waals surface area contributed by atoms with Crippen LogP contribution in [-0.4, -0.2) is 20.3 Å². The third-order valence-corrected chi connectivity index (χ3v) is 3.17. The van der Waals surface area contributed by atoms with Crippen LogP contribution in [0, 0.1) is 0 Å². The van der Waals surface area contributed by atoms with Gasteiger partial charge in [0.25, 0.3) is 0 Å². The molecular formula is C14H20BrNO2. The van der Waals surface area contributed by atoms with Gasteiger partial charge in [0.05, 0.1) is 13.7 Å². The molecule has 0 atom stereocenters. The molecule has 100 valence electrons. The zero-order chi connectivity index (χ0) is 13.4. The van der Waals surface area contributed by atoms with Crippen LogP contribution in [0.25, 0.3) is 0 Å². The Morgan fingerprint density at radius 1 is 1.44 bits per heavy atom. The average molecular weight is 314 g/mol. The maximum atomic E-state index is 5.80. The fourth-order valence-corrected chi connectivity index (χ4v) is 2.02. The highest BCUT2D eigenvalue weighted by Crippen LogP contribution is 2.36. The smallest absolute Gasteiger partial charge is 0.166 e. The van der Waals surface area contributed by atoms with Gasteiger partial charge in [-0.2, -0.15) is 0 Å². The second kappa shape index (κ2) is 8.16. The van der Waals surface area contributed by atoms with Gasteiger partial charge in [-0.15, -0.1) is 6.58 Å². The van der Waals surface area contributed by atoms with Crippen LogP contribution < -0.4 is 14.8 Å². The first-order chi connectivity index (χ1) is 8.74. The molecule has 0 radical (unpaired) electrons. The summed E-state index contributed by atoms with van der Waals surface area (Å²) < 4.78 is 12.2. The number of halogens is 1. The Hall–Kier alpha value is -1.00. The van der Waals surface area contributed by atoms with Crippen molar-refractivity contribution in [3.63, 3.8) is 0 Å². The topological polar surface area (TPSA) is 30.5 Å². The maximum absolute atomic E-state index is 5.80. The van der Waals surface area contributed by atoms with Gasteiger partial charge in [-0.05, 0) is 18.6 Å². The first-order valence-electron chi connectivity index (χ1n) is 6.04. The average Bonchev–Trinajstić information content (AvgIpc) is 2.39. The van der Waals surface area contributed by atoms with Gasteiger partial charge in [-0.25, -0.2) is 0 Å². The van der Waals surface area contributed by atoms with E-state index in [1.807, 2.05) is 18.2 Å². The van der Waals surface area contributed by atoms with Crippen LogP contribution >= 0.6 is 15.9 Å². The van der Waals surface area contributed by atoms with Gasteiger partial charge in [0, 0.05) is 23.1 Å². The zero-order valence-corrected chi connectivity index (χ0v) is 12.5. The Balaban J connectivity index is 2.97. The van der Waals surface area contributed by atoms with Crippen molar-refractivity contribution in [3.8, 4) is 11.5 Å². The highest BCUT2D eigenvalue weighted by atomic mass is 79.9. The summed E-state index contributed by atoms with van der Waals surface area (Å²) in [6.45, 7) is 7.93. The first kappa shape index (κ1) is 15.1. The number of ether oxygens (including phenoxy) is 2. The van der Waals surface area contributed by atoms with E-state index in [1.165, 1.54) is 0 Å². The minimum atomic E-state index is 0.682. The molecule has 0 aliphatic carbocycles. The fraction of sp³-hybridized carbons (Fsp3) is 0.429. The Kier molecular flexibility index (Phi) is 6.83. The molecule has 0 saturated heterocycles. The molecule has 1 rings (SSSR count). The minimum Gasteiger partial charge on any atom is -0.493 e. The summed E-state index contributed by atoms with van der Waals surface area (Å²) in [6, 6.07) is 3.88. The van der Waals surface area contributed by atoms with Crippen LogP contribution in [0.2, 0.25) is 0 Å². The Labute approximate surface area is 117 Å². The summed E-state index contributed by atoms with van der Waals surface area (Å²) in [4.78, 5) is 0.